The molecule has 0 radical (unpaired) electrons. The number of amides is 1. The smallest absolute Gasteiger partial charge is 0.224 e. The first-order chi connectivity index (χ1) is 13.0. The Morgan fingerprint density at radius 3 is 2.93 bits per heavy atom. The van der Waals surface area contributed by atoms with Crippen LogP contribution in [-0.4, -0.2) is 51.9 Å². The van der Waals surface area contributed by atoms with Gasteiger partial charge in [-0.15, -0.1) is 11.3 Å². The maximum absolute atomic E-state index is 11.5. The van der Waals surface area contributed by atoms with Crippen molar-refractivity contribution >= 4 is 22.9 Å². The Morgan fingerprint density at radius 1 is 1.33 bits per heavy atom. The number of aliphatic hydroxyl groups excluding tert-OH is 2. The number of thiophene rings is 1. The van der Waals surface area contributed by atoms with E-state index in [1.165, 1.54) is 11.3 Å². The van der Waals surface area contributed by atoms with Crippen LogP contribution in [0.5, 0.6) is 0 Å². The molecule has 2 aliphatic rings. The zero-order valence-corrected chi connectivity index (χ0v) is 15.8. The van der Waals surface area contributed by atoms with E-state index in [-0.39, 0.29) is 5.91 Å². The Hall–Kier alpha value is -1.77. The Kier molecular flexibility index (Phi) is 5.05. The van der Waals surface area contributed by atoms with Gasteiger partial charge in [0, 0.05) is 36.6 Å². The van der Waals surface area contributed by atoms with Gasteiger partial charge in [0.15, 0.2) is 0 Å². The number of carbonyl (C=O) groups excluding carboxylic acids is 1. The van der Waals surface area contributed by atoms with E-state index in [2.05, 4.69) is 5.32 Å². The minimum absolute atomic E-state index is 0.0244. The largest absolute Gasteiger partial charge is 0.388 e. The summed E-state index contributed by atoms with van der Waals surface area (Å²) in [5.41, 5.74) is 1.45. The Balaban J connectivity index is 1.41. The van der Waals surface area contributed by atoms with E-state index in [0.29, 0.717) is 38.9 Å². The molecule has 2 aliphatic heterocycles. The molecule has 0 bridgehead atoms. The maximum atomic E-state index is 11.5. The van der Waals surface area contributed by atoms with E-state index >= 15 is 0 Å². The zero-order valence-electron chi connectivity index (χ0n) is 15.0. The van der Waals surface area contributed by atoms with Crippen LogP contribution in [0.15, 0.2) is 35.7 Å². The summed E-state index contributed by atoms with van der Waals surface area (Å²) >= 11 is 1.45. The number of hydrogen-bond donors (Lipinski definition) is 4. The van der Waals surface area contributed by atoms with Crippen molar-refractivity contribution in [2.75, 3.05) is 25.0 Å². The van der Waals surface area contributed by atoms with Crippen LogP contribution in [0.25, 0.3) is 0 Å². The van der Waals surface area contributed by atoms with Crippen molar-refractivity contribution in [2.24, 2.45) is 0 Å². The van der Waals surface area contributed by atoms with Gasteiger partial charge < -0.3 is 20.6 Å². The maximum Gasteiger partial charge on any atom is 0.224 e. The molecule has 0 unspecified atom stereocenters. The molecule has 1 saturated heterocycles. The Bertz CT molecular complexity index is 825. The molecule has 4 rings (SSSR count). The van der Waals surface area contributed by atoms with Gasteiger partial charge in [-0.1, -0.05) is 18.2 Å². The third-order valence-electron chi connectivity index (χ3n) is 5.58. The summed E-state index contributed by atoms with van der Waals surface area (Å²) in [4.78, 5) is 14.2. The highest BCUT2D eigenvalue weighted by Crippen LogP contribution is 2.36. The van der Waals surface area contributed by atoms with Gasteiger partial charge in [-0.3, -0.25) is 9.69 Å². The molecule has 144 valence electrons. The molecule has 0 spiro atoms. The number of piperidine rings is 1. The van der Waals surface area contributed by atoms with Gasteiger partial charge in [-0.05, 0) is 41.5 Å². The number of hydrogen-bond acceptors (Lipinski definition) is 6. The lowest BCUT2D eigenvalue weighted by Crippen LogP contribution is -2.53. The lowest BCUT2D eigenvalue weighted by atomic mass is 9.87. The summed E-state index contributed by atoms with van der Waals surface area (Å²) < 4.78 is 0. The summed E-state index contributed by atoms with van der Waals surface area (Å²) in [7, 11) is 0. The van der Waals surface area contributed by atoms with Gasteiger partial charge >= 0.3 is 0 Å². The molecule has 6 nitrogen and oxygen atoms in total. The molecule has 1 aromatic heterocycles. The quantitative estimate of drug-likeness (QED) is 0.639. The molecular formula is C20H24N2O4S. The van der Waals surface area contributed by atoms with Gasteiger partial charge in [-0.25, -0.2) is 0 Å². The second-order valence-electron chi connectivity index (χ2n) is 7.41. The van der Waals surface area contributed by atoms with Crippen molar-refractivity contribution in [2.45, 2.75) is 37.1 Å². The van der Waals surface area contributed by atoms with E-state index in [0.717, 1.165) is 21.7 Å². The number of nitrogens with one attached hydrogen (secondary N) is 1. The third kappa shape index (κ3) is 3.66. The number of nitrogens with zero attached hydrogens (tertiary/aromatic N) is 1. The fourth-order valence-corrected chi connectivity index (χ4v) is 4.82. The van der Waals surface area contributed by atoms with Crippen molar-refractivity contribution in [3.8, 4) is 0 Å². The number of benzene rings is 1. The Labute approximate surface area is 162 Å². The lowest BCUT2D eigenvalue weighted by molar-refractivity contribution is -0.126. The number of β-amino-alcohol motifs (C(OH)–C–C–N with tert-alkyl or cyclic N) is 2. The molecule has 0 aliphatic carbocycles. The monoisotopic (exact) mass is 388 g/mol. The first-order valence-electron chi connectivity index (χ1n) is 9.23. The van der Waals surface area contributed by atoms with Crippen molar-refractivity contribution in [1.29, 1.82) is 0 Å². The molecule has 1 aromatic carbocycles. The van der Waals surface area contributed by atoms with Crippen LogP contribution in [0, 0.1) is 0 Å². The molecule has 3 heterocycles. The molecule has 7 heteroatoms. The van der Waals surface area contributed by atoms with Crippen LogP contribution in [0.3, 0.4) is 0 Å². The minimum Gasteiger partial charge on any atom is -0.388 e. The zero-order chi connectivity index (χ0) is 19.0. The molecule has 1 fully saturated rings. The summed E-state index contributed by atoms with van der Waals surface area (Å²) in [6.45, 7) is 1.30. The third-order valence-corrected chi connectivity index (χ3v) is 6.62. The number of aryl methyl sites for hydroxylation is 1. The number of fused-ring (bicyclic) bond motifs is 1. The number of aliphatic hydroxyl groups is 3. The summed E-state index contributed by atoms with van der Waals surface area (Å²) in [5.74, 6) is 0.0244. The molecule has 2 aromatic rings. The van der Waals surface area contributed by atoms with Crippen molar-refractivity contribution in [3.05, 3.63) is 51.7 Å². The number of carbonyl (C=O) groups is 1. The van der Waals surface area contributed by atoms with E-state index in [1.54, 1.807) is 0 Å². The minimum atomic E-state index is -1.21. The summed E-state index contributed by atoms with van der Waals surface area (Å²) in [5, 5.41) is 36.8. The molecule has 1 amide bonds. The summed E-state index contributed by atoms with van der Waals surface area (Å²) in [6.07, 6.45) is -0.00850. The van der Waals surface area contributed by atoms with Gasteiger partial charge in [0.25, 0.3) is 0 Å². The van der Waals surface area contributed by atoms with E-state index in [4.69, 9.17) is 0 Å². The molecular weight excluding hydrogens is 364 g/mol. The Morgan fingerprint density at radius 2 is 2.19 bits per heavy atom. The standard InChI is InChI=1S/C20H24N2O4S/c23-16(14-3-5-15-13(10-14)4-6-19(25)21-15)11-22-8-7-20(26,17(24)12-22)18-2-1-9-27-18/h1-3,5,9-10,16-17,23-24,26H,4,6-8,11-12H2,(H,21,25)/t16-,17-,20+/m0/s1. The molecule has 0 saturated carbocycles. The number of likely N-dealkylation sites (tertiary alicyclic amines) is 1. The molecule has 27 heavy (non-hydrogen) atoms. The van der Waals surface area contributed by atoms with Gasteiger partial charge in [0.05, 0.1) is 6.10 Å². The second-order valence-corrected chi connectivity index (χ2v) is 8.36. The van der Waals surface area contributed by atoms with Crippen LogP contribution in [0.4, 0.5) is 5.69 Å². The van der Waals surface area contributed by atoms with Crippen LogP contribution >= 0.6 is 11.3 Å². The first-order valence-corrected chi connectivity index (χ1v) is 10.1. The molecule has 4 N–H and O–H groups in total. The van der Waals surface area contributed by atoms with Crippen LogP contribution < -0.4 is 5.32 Å². The lowest BCUT2D eigenvalue weighted by Gasteiger charge is -2.42. The van der Waals surface area contributed by atoms with Gasteiger partial charge in [-0.2, -0.15) is 0 Å². The topological polar surface area (TPSA) is 93.0 Å². The predicted octanol–water partition coefficient (Wildman–Crippen LogP) is 1.62. The average Bonchev–Trinajstić information content (AvgIpc) is 3.20. The number of anilines is 1. The highest BCUT2D eigenvalue weighted by molar-refractivity contribution is 7.10. The second kappa shape index (κ2) is 7.33. The highest BCUT2D eigenvalue weighted by Gasteiger charge is 2.43. The van der Waals surface area contributed by atoms with E-state index in [9.17, 15) is 20.1 Å². The van der Waals surface area contributed by atoms with Crippen molar-refractivity contribution < 1.29 is 20.1 Å². The van der Waals surface area contributed by atoms with Crippen LogP contribution in [-0.2, 0) is 16.8 Å². The predicted molar refractivity (Wildman–Crippen MR) is 104 cm³/mol. The van der Waals surface area contributed by atoms with Crippen LogP contribution in [0.1, 0.15) is 34.9 Å². The summed E-state index contributed by atoms with van der Waals surface area (Å²) in [6, 6.07) is 9.34. The number of rotatable bonds is 4. The molecule has 3 atom stereocenters. The SMILES string of the molecule is O=C1CCc2cc([C@@H](O)CN3CC[C@](O)(c4cccs4)[C@@H](O)C3)ccc2N1. The van der Waals surface area contributed by atoms with Crippen molar-refractivity contribution in [3.63, 3.8) is 0 Å². The van der Waals surface area contributed by atoms with Crippen molar-refractivity contribution in [1.82, 2.24) is 4.90 Å². The fraction of sp³-hybridized carbons (Fsp3) is 0.450. The van der Waals surface area contributed by atoms with Crippen LogP contribution in [0.2, 0.25) is 0 Å². The van der Waals surface area contributed by atoms with Gasteiger partial charge in [0.1, 0.15) is 11.7 Å². The normalized spacial score (nSPS) is 27.1. The fourth-order valence-electron chi connectivity index (χ4n) is 3.92. The van der Waals surface area contributed by atoms with Gasteiger partial charge in [0.2, 0.25) is 5.91 Å². The van der Waals surface area contributed by atoms with E-state index in [1.807, 2.05) is 40.6 Å². The van der Waals surface area contributed by atoms with E-state index < -0.39 is 17.8 Å². The average molecular weight is 388 g/mol. The highest BCUT2D eigenvalue weighted by atomic mass is 32.1. The first kappa shape index (κ1) is 18.6.